The molecule has 150 valence electrons. The van der Waals surface area contributed by atoms with Gasteiger partial charge in [-0.3, -0.25) is 0 Å². The molecule has 2 aromatic heterocycles. The first-order valence-corrected chi connectivity index (χ1v) is 9.68. The number of para-hydroxylation sites is 1. The molecule has 6 nitrogen and oxygen atoms in total. The van der Waals surface area contributed by atoms with Gasteiger partial charge < -0.3 is 14.0 Å². The predicted octanol–water partition coefficient (Wildman–Crippen LogP) is 4.57. The van der Waals surface area contributed by atoms with Gasteiger partial charge in [-0.1, -0.05) is 6.07 Å². The zero-order valence-corrected chi connectivity index (χ0v) is 16.6. The van der Waals surface area contributed by atoms with E-state index in [-0.39, 0.29) is 5.52 Å². The average Bonchev–Trinajstić information content (AvgIpc) is 3.30. The first-order chi connectivity index (χ1) is 14.7. The number of methoxy groups -OCH3 is 1. The van der Waals surface area contributed by atoms with E-state index in [0.29, 0.717) is 23.7 Å². The van der Waals surface area contributed by atoms with Crippen molar-refractivity contribution in [3.63, 3.8) is 0 Å². The van der Waals surface area contributed by atoms with E-state index in [0.717, 1.165) is 29.4 Å². The minimum absolute atomic E-state index is 0.241. The fourth-order valence-corrected chi connectivity index (χ4v) is 3.67. The Bertz CT molecular complexity index is 1300. The molecule has 1 aliphatic rings. The zero-order chi connectivity index (χ0) is 20.7. The summed E-state index contributed by atoms with van der Waals surface area (Å²) in [5.41, 5.74) is 3.30. The molecule has 0 atom stereocenters. The van der Waals surface area contributed by atoms with E-state index in [2.05, 4.69) is 14.5 Å². The van der Waals surface area contributed by atoms with E-state index in [1.54, 1.807) is 25.3 Å². The maximum atomic E-state index is 14.3. The van der Waals surface area contributed by atoms with Gasteiger partial charge in [0.05, 0.1) is 24.8 Å². The number of hydrogen-bond acceptors (Lipinski definition) is 5. The Morgan fingerprint density at radius 2 is 2.03 bits per heavy atom. The lowest BCUT2D eigenvalue weighted by Gasteiger charge is -2.07. The Labute approximate surface area is 172 Å². The minimum Gasteiger partial charge on any atom is -0.497 e. The van der Waals surface area contributed by atoms with Crippen LogP contribution in [0.3, 0.4) is 0 Å². The number of ether oxygens (including phenoxy) is 2. The number of hydrogen-bond donors (Lipinski definition) is 0. The number of fused-ring (bicyclic) bond motifs is 4. The number of halogens is 1. The molecule has 0 amide bonds. The molecular weight excluding hydrogens is 383 g/mol. The van der Waals surface area contributed by atoms with Crippen molar-refractivity contribution < 1.29 is 13.9 Å². The third-order valence-corrected chi connectivity index (χ3v) is 5.03. The maximum Gasteiger partial charge on any atom is 0.225 e. The molecular formula is C23H19FN4O2. The smallest absolute Gasteiger partial charge is 0.225 e. The lowest BCUT2D eigenvalue weighted by Crippen LogP contribution is -2.00. The number of aromatic nitrogens is 4. The van der Waals surface area contributed by atoms with Gasteiger partial charge >= 0.3 is 0 Å². The highest BCUT2D eigenvalue weighted by molar-refractivity contribution is 5.85. The molecule has 0 radical (unpaired) electrons. The third kappa shape index (κ3) is 3.08. The molecule has 30 heavy (non-hydrogen) atoms. The summed E-state index contributed by atoms with van der Waals surface area (Å²) < 4.78 is 27.2. The molecule has 7 heteroatoms. The number of benzene rings is 2. The summed E-state index contributed by atoms with van der Waals surface area (Å²) in [6, 6.07) is 10.8. The molecule has 0 N–H and O–H groups in total. The summed E-state index contributed by atoms with van der Waals surface area (Å²) in [5.74, 6) is 2.09. The minimum atomic E-state index is -0.404. The molecule has 2 aromatic carbocycles. The van der Waals surface area contributed by atoms with Crippen LogP contribution in [0.15, 0.2) is 42.6 Å². The van der Waals surface area contributed by atoms with Gasteiger partial charge in [-0.2, -0.15) is 4.98 Å². The van der Waals surface area contributed by atoms with Gasteiger partial charge in [0, 0.05) is 18.3 Å². The van der Waals surface area contributed by atoms with E-state index < -0.39 is 5.82 Å². The largest absolute Gasteiger partial charge is 0.497 e. The molecule has 4 aromatic rings. The van der Waals surface area contributed by atoms with E-state index in [1.807, 2.05) is 37.4 Å². The Balaban J connectivity index is 1.48. The number of imidazole rings is 1. The van der Waals surface area contributed by atoms with Crippen LogP contribution in [0.25, 0.3) is 34.4 Å². The van der Waals surface area contributed by atoms with Crippen molar-refractivity contribution in [1.82, 2.24) is 19.5 Å². The first kappa shape index (κ1) is 18.3. The van der Waals surface area contributed by atoms with Gasteiger partial charge in [0.1, 0.15) is 22.9 Å². The topological polar surface area (TPSA) is 62.1 Å². The van der Waals surface area contributed by atoms with Crippen LogP contribution < -0.4 is 9.47 Å². The molecule has 0 unspecified atom stereocenters. The second-order valence-electron chi connectivity index (χ2n) is 6.93. The van der Waals surface area contributed by atoms with Gasteiger partial charge in [0.15, 0.2) is 5.82 Å². The highest BCUT2D eigenvalue weighted by Gasteiger charge is 2.21. The third-order valence-electron chi connectivity index (χ3n) is 5.03. The second-order valence-corrected chi connectivity index (χ2v) is 6.93. The maximum absolute atomic E-state index is 14.3. The van der Waals surface area contributed by atoms with Crippen LogP contribution in [-0.4, -0.2) is 33.2 Å². The van der Waals surface area contributed by atoms with Crippen molar-refractivity contribution >= 4 is 23.1 Å². The Morgan fingerprint density at radius 1 is 1.13 bits per heavy atom. The summed E-state index contributed by atoms with van der Waals surface area (Å²) >= 11 is 0. The van der Waals surface area contributed by atoms with Crippen LogP contribution in [0.4, 0.5) is 4.39 Å². The van der Waals surface area contributed by atoms with Gasteiger partial charge in [0.25, 0.3) is 0 Å². The Morgan fingerprint density at radius 3 is 2.87 bits per heavy atom. The zero-order valence-electron chi connectivity index (χ0n) is 16.6. The van der Waals surface area contributed by atoms with Crippen molar-refractivity contribution in [2.24, 2.45) is 0 Å². The van der Waals surface area contributed by atoms with Crippen LogP contribution in [0.5, 0.6) is 11.6 Å². The monoisotopic (exact) mass is 402 g/mol. The van der Waals surface area contributed by atoms with Crippen LogP contribution in [0.1, 0.15) is 24.0 Å². The normalized spacial score (nSPS) is 12.4. The standard InChI is InChI=1S/C23H19FN4O2/c1-3-30-23-18-5-4-6-19(24)21(18)26-20(27-23)10-7-15-13-28-12-14-11-16(29-2)8-9-17(14)22(28)25-15/h4-11,13H,3,12H2,1-2H3/b10-7+. The molecule has 0 bridgehead atoms. The summed E-state index contributed by atoms with van der Waals surface area (Å²) in [6.07, 6.45) is 5.52. The molecule has 3 heterocycles. The average molecular weight is 402 g/mol. The van der Waals surface area contributed by atoms with Crippen molar-refractivity contribution in [2.75, 3.05) is 13.7 Å². The van der Waals surface area contributed by atoms with Crippen LogP contribution in [0.2, 0.25) is 0 Å². The van der Waals surface area contributed by atoms with Crippen LogP contribution in [0, 0.1) is 5.82 Å². The van der Waals surface area contributed by atoms with E-state index in [9.17, 15) is 4.39 Å². The van der Waals surface area contributed by atoms with E-state index in [4.69, 9.17) is 14.5 Å². The van der Waals surface area contributed by atoms with Crippen molar-refractivity contribution in [1.29, 1.82) is 0 Å². The number of nitrogens with zero attached hydrogens (tertiary/aromatic N) is 4. The number of rotatable bonds is 5. The van der Waals surface area contributed by atoms with Crippen LogP contribution >= 0.6 is 0 Å². The lowest BCUT2D eigenvalue weighted by atomic mass is 10.1. The quantitative estimate of drug-likeness (QED) is 0.431. The SMILES string of the molecule is CCOc1nc(/C=C/c2cn3c(n2)-c2ccc(OC)cc2C3)nc2c(F)cccc12. The molecule has 1 aliphatic heterocycles. The van der Waals surface area contributed by atoms with Crippen molar-refractivity contribution in [2.45, 2.75) is 13.5 Å². The Hall–Kier alpha value is -3.74. The Kier molecular flexibility index (Phi) is 4.43. The highest BCUT2D eigenvalue weighted by Crippen LogP contribution is 2.34. The van der Waals surface area contributed by atoms with Crippen molar-refractivity contribution in [3.8, 4) is 23.0 Å². The molecule has 5 rings (SSSR count). The first-order valence-electron chi connectivity index (χ1n) is 9.68. The summed E-state index contributed by atoms with van der Waals surface area (Å²) in [6.45, 7) is 3.04. The van der Waals surface area contributed by atoms with Crippen molar-refractivity contribution in [3.05, 3.63) is 65.5 Å². The van der Waals surface area contributed by atoms with Gasteiger partial charge in [-0.25, -0.2) is 14.4 Å². The fourth-order valence-electron chi connectivity index (χ4n) is 3.67. The molecule has 0 saturated carbocycles. The lowest BCUT2D eigenvalue weighted by molar-refractivity contribution is 0.330. The van der Waals surface area contributed by atoms with Gasteiger partial charge in [-0.15, -0.1) is 0 Å². The molecule has 0 spiro atoms. The summed E-state index contributed by atoms with van der Waals surface area (Å²) in [5, 5.41) is 0.557. The van der Waals surface area contributed by atoms with Gasteiger partial charge in [-0.05, 0) is 55.0 Å². The summed E-state index contributed by atoms with van der Waals surface area (Å²) in [4.78, 5) is 13.5. The molecule has 0 fully saturated rings. The fraction of sp³-hybridized carbons (Fsp3) is 0.174. The van der Waals surface area contributed by atoms with E-state index >= 15 is 0 Å². The second kappa shape index (κ2) is 7.26. The molecule has 0 saturated heterocycles. The highest BCUT2D eigenvalue weighted by atomic mass is 19.1. The predicted molar refractivity (Wildman–Crippen MR) is 113 cm³/mol. The molecule has 0 aliphatic carbocycles. The summed E-state index contributed by atoms with van der Waals surface area (Å²) in [7, 11) is 1.66. The van der Waals surface area contributed by atoms with Crippen LogP contribution in [-0.2, 0) is 6.54 Å². The van der Waals surface area contributed by atoms with Gasteiger partial charge in [0.2, 0.25) is 5.88 Å². The van der Waals surface area contributed by atoms with E-state index in [1.165, 1.54) is 11.6 Å².